The fourth-order valence-corrected chi connectivity index (χ4v) is 7.93. The molecule has 0 aliphatic heterocycles. The molecule has 0 aliphatic rings. The highest BCUT2D eigenvalue weighted by molar-refractivity contribution is 5.72. The van der Waals surface area contributed by atoms with Gasteiger partial charge in [-0.1, -0.05) is 274 Å². The molecule has 0 bridgehead atoms. The second-order valence-corrected chi connectivity index (χ2v) is 18.5. The minimum atomic E-state index is -0.824. The van der Waals surface area contributed by atoms with Crippen molar-refractivity contribution in [3.8, 4) is 0 Å². The first kappa shape index (κ1) is 62.1. The molecule has 0 rings (SSSR count). The van der Waals surface area contributed by atoms with E-state index in [0.29, 0.717) is 12.8 Å². The van der Waals surface area contributed by atoms with Crippen LogP contribution >= 0.6 is 0 Å². The Hall–Kier alpha value is -2.89. The zero-order valence-electron chi connectivity index (χ0n) is 43.0. The topological polar surface area (TPSA) is 78.9 Å². The van der Waals surface area contributed by atoms with Gasteiger partial charge in [0.15, 0.2) is 6.10 Å². The van der Waals surface area contributed by atoms with Crippen molar-refractivity contribution in [1.29, 1.82) is 0 Å². The Balaban J connectivity index is 4.43. The molecule has 0 radical (unpaired) electrons. The number of carbonyl (C=O) groups excluding carboxylic acids is 3. The van der Waals surface area contributed by atoms with Gasteiger partial charge in [0.25, 0.3) is 0 Å². The molecule has 0 fully saturated rings. The van der Waals surface area contributed by atoms with Crippen LogP contribution in [-0.4, -0.2) is 37.2 Å². The van der Waals surface area contributed by atoms with Crippen LogP contribution in [0.25, 0.3) is 0 Å². The molecule has 6 heteroatoms. The number of rotatable bonds is 50. The molecule has 6 nitrogen and oxygen atoms in total. The van der Waals surface area contributed by atoms with Gasteiger partial charge in [-0.2, -0.15) is 0 Å². The van der Waals surface area contributed by atoms with Gasteiger partial charge in [-0.25, -0.2) is 0 Å². The second kappa shape index (κ2) is 53.7. The zero-order chi connectivity index (χ0) is 47.2. The van der Waals surface area contributed by atoms with E-state index in [-0.39, 0.29) is 31.6 Å². The van der Waals surface area contributed by atoms with Gasteiger partial charge in [0.05, 0.1) is 6.42 Å². The van der Waals surface area contributed by atoms with Crippen molar-refractivity contribution in [3.63, 3.8) is 0 Å². The van der Waals surface area contributed by atoms with Gasteiger partial charge in [0.2, 0.25) is 0 Å². The van der Waals surface area contributed by atoms with Crippen molar-refractivity contribution in [1.82, 2.24) is 0 Å². The third-order valence-corrected chi connectivity index (χ3v) is 12.1. The summed E-state index contributed by atoms with van der Waals surface area (Å²) in [6.45, 7) is 6.47. The van der Waals surface area contributed by atoms with E-state index in [4.69, 9.17) is 14.2 Å². The molecule has 0 saturated carbocycles. The Morgan fingerprint density at radius 2 is 0.585 bits per heavy atom. The van der Waals surface area contributed by atoms with Gasteiger partial charge in [-0.3, -0.25) is 14.4 Å². The molecule has 0 aromatic heterocycles. The second-order valence-electron chi connectivity index (χ2n) is 18.5. The molecule has 376 valence electrons. The molecule has 0 heterocycles. The standard InChI is InChI=1S/C59H104O6/c1-4-7-10-13-16-19-22-25-28-29-30-32-34-37-40-43-46-49-52-58(61)64-55-56(54-63-57(60)51-48-45-42-39-36-33-27-24-21-18-15-12-9-6-3)65-59(62)53-50-47-44-41-38-35-31-26-23-20-17-14-11-8-5-2/h8,11,17,20,26,31,38,41,47,50,56H,4-7,9-10,12-16,18-19,21-25,27-30,32-37,39-40,42-46,48-49,51-55H2,1-3H3/b11-8-,20-17-,31-26-,41-38-,50-47-. The van der Waals surface area contributed by atoms with Crippen LogP contribution in [0.5, 0.6) is 0 Å². The lowest BCUT2D eigenvalue weighted by Gasteiger charge is -2.18. The van der Waals surface area contributed by atoms with Crippen molar-refractivity contribution in [2.24, 2.45) is 0 Å². The largest absolute Gasteiger partial charge is 0.462 e. The van der Waals surface area contributed by atoms with Crippen molar-refractivity contribution < 1.29 is 28.6 Å². The fraction of sp³-hybridized carbons (Fsp3) is 0.780. The smallest absolute Gasteiger partial charge is 0.310 e. The van der Waals surface area contributed by atoms with E-state index in [1.54, 1.807) is 6.08 Å². The van der Waals surface area contributed by atoms with E-state index in [0.717, 1.165) is 70.6 Å². The summed E-state index contributed by atoms with van der Waals surface area (Å²) in [6.07, 6.45) is 66.6. The van der Waals surface area contributed by atoms with E-state index >= 15 is 0 Å². The first-order valence-corrected chi connectivity index (χ1v) is 27.8. The molecule has 0 saturated heterocycles. The van der Waals surface area contributed by atoms with Crippen LogP contribution in [0.1, 0.15) is 278 Å². The number of hydrogen-bond donors (Lipinski definition) is 0. The Bertz CT molecular complexity index is 1180. The van der Waals surface area contributed by atoms with Gasteiger partial charge < -0.3 is 14.2 Å². The van der Waals surface area contributed by atoms with E-state index in [1.807, 2.05) is 6.08 Å². The zero-order valence-corrected chi connectivity index (χ0v) is 43.0. The summed E-state index contributed by atoms with van der Waals surface area (Å²) in [7, 11) is 0. The average Bonchev–Trinajstić information content (AvgIpc) is 3.30. The summed E-state index contributed by atoms with van der Waals surface area (Å²) in [4.78, 5) is 38.0. The van der Waals surface area contributed by atoms with Gasteiger partial charge in [0, 0.05) is 12.8 Å². The van der Waals surface area contributed by atoms with E-state index in [1.165, 1.54) is 167 Å². The number of ether oxygens (including phenoxy) is 3. The highest BCUT2D eigenvalue weighted by atomic mass is 16.6. The van der Waals surface area contributed by atoms with Crippen molar-refractivity contribution in [3.05, 3.63) is 60.8 Å². The van der Waals surface area contributed by atoms with E-state index in [9.17, 15) is 14.4 Å². The predicted octanol–water partition coefficient (Wildman–Crippen LogP) is 18.4. The molecule has 0 N–H and O–H groups in total. The van der Waals surface area contributed by atoms with Gasteiger partial charge in [-0.05, 0) is 44.9 Å². The maximum atomic E-state index is 12.8. The molecule has 0 aromatic carbocycles. The number of allylic oxidation sites excluding steroid dienone is 9. The Morgan fingerprint density at radius 1 is 0.323 bits per heavy atom. The maximum absolute atomic E-state index is 12.8. The van der Waals surface area contributed by atoms with Crippen molar-refractivity contribution >= 4 is 17.9 Å². The number of unbranched alkanes of at least 4 members (excludes halogenated alkanes) is 30. The lowest BCUT2D eigenvalue weighted by atomic mass is 10.0. The molecule has 1 atom stereocenters. The normalized spacial score (nSPS) is 12.5. The Labute approximate surface area is 402 Å². The number of hydrogen-bond acceptors (Lipinski definition) is 6. The van der Waals surface area contributed by atoms with Crippen LogP contribution < -0.4 is 0 Å². The fourth-order valence-electron chi connectivity index (χ4n) is 7.93. The monoisotopic (exact) mass is 909 g/mol. The minimum absolute atomic E-state index is 0.101. The first-order chi connectivity index (χ1) is 32.0. The Morgan fingerprint density at radius 3 is 0.877 bits per heavy atom. The van der Waals surface area contributed by atoms with Crippen LogP contribution in [0.15, 0.2) is 60.8 Å². The average molecular weight is 909 g/mol. The third kappa shape index (κ3) is 51.9. The molecule has 0 aromatic rings. The molecular formula is C59H104O6. The lowest BCUT2D eigenvalue weighted by molar-refractivity contribution is -0.166. The summed E-state index contributed by atoms with van der Waals surface area (Å²) >= 11 is 0. The van der Waals surface area contributed by atoms with E-state index < -0.39 is 12.1 Å². The summed E-state index contributed by atoms with van der Waals surface area (Å²) < 4.78 is 16.7. The SMILES string of the molecule is CC/C=C\C/C=C\C/C=C\C/C=C\C/C=C\CC(=O)OC(COC(=O)CCCCCCCCCCCCCCCC)COC(=O)CCCCCCCCCCCCCCCCCCCC. The van der Waals surface area contributed by atoms with Crippen LogP contribution in [0, 0.1) is 0 Å². The number of carbonyl (C=O) groups is 3. The highest BCUT2D eigenvalue weighted by Gasteiger charge is 2.19. The predicted molar refractivity (Wildman–Crippen MR) is 279 cm³/mol. The van der Waals surface area contributed by atoms with Crippen molar-refractivity contribution in [2.45, 2.75) is 284 Å². The molecule has 0 amide bonds. The Kier molecular flexibility index (Phi) is 51.3. The number of esters is 3. The van der Waals surface area contributed by atoms with Crippen LogP contribution in [0.4, 0.5) is 0 Å². The van der Waals surface area contributed by atoms with Crippen LogP contribution in [-0.2, 0) is 28.6 Å². The summed E-state index contributed by atoms with van der Waals surface area (Å²) in [6, 6.07) is 0. The molecular weight excluding hydrogens is 805 g/mol. The highest BCUT2D eigenvalue weighted by Crippen LogP contribution is 2.16. The first-order valence-electron chi connectivity index (χ1n) is 27.8. The maximum Gasteiger partial charge on any atom is 0.310 e. The quantitative estimate of drug-likeness (QED) is 0.0262. The van der Waals surface area contributed by atoms with Gasteiger partial charge >= 0.3 is 17.9 Å². The van der Waals surface area contributed by atoms with Crippen LogP contribution in [0.3, 0.4) is 0 Å². The molecule has 1 unspecified atom stereocenters. The minimum Gasteiger partial charge on any atom is -0.462 e. The summed E-state index contributed by atoms with van der Waals surface area (Å²) in [5.41, 5.74) is 0. The molecule has 0 aliphatic carbocycles. The van der Waals surface area contributed by atoms with Crippen molar-refractivity contribution in [2.75, 3.05) is 13.2 Å². The van der Waals surface area contributed by atoms with E-state index in [2.05, 4.69) is 69.4 Å². The van der Waals surface area contributed by atoms with Crippen LogP contribution in [0.2, 0.25) is 0 Å². The lowest BCUT2D eigenvalue weighted by Crippen LogP contribution is -2.30. The molecule has 0 spiro atoms. The van der Waals surface area contributed by atoms with Gasteiger partial charge in [-0.15, -0.1) is 0 Å². The summed E-state index contributed by atoms with van der Waals surface area (Å²) in [5.74, 6) is -1.03. The third-order valence-electron chi connectivity index (χ3n) is 12.1. The van der Waals surface area contributed by atoms with Gasteiger partial charge in [0.1, 0.15) is 13.2 Å². The molecule has 65 heavy (non-hydrogen) atoms. The summed E-state index contributed by atoms with van der Waals surface area (Å²) in [5, 5.41) is 0.